The Balaban J connectivity index is 1.84. The van der Waals surface area contributed by atoms with Gasteiger partial charge < -0.3 is 29.6 Å². The summed E-state index contributed by atoms with van der Waals surface area (Å²) in [4.78, 5) is 4.32. The molecule has 0 radical (unpaired) electrons. The monoisotopic (exact) mass is 393 g/mol. The minimum absolute atomic E-state index is 0.183. The van der Waals surface area contributed by atoms with Gasteiger partial charge in [0.15, 0.2) is 17.5 Å². The Kier molecular flexibility index (Phi) is 9.37. The molecule has 28 heavy (non-hydrogen) atoms. The van der Waals surface area contributed by atoms with E-state index in [0.717, 1.165) is 56.5 Å². The molecule has 0 unspecified atom stereocenters. The zero-order valence-corrected chi connectivity index (χ0v) is 17.7. The van der Waals surface area contributed by atoms with Crippen molar-refractivity contribution in [3.05, 3.63) is 23.8 Å². The van der Waals surface area contributed by atoms with Crippen LogP contribution >= 0.6 is 0 Å². The van der Waals surface area contributed by atoms with Gasteiger partial charge in [-0.3, -0.25) is 4.99 Å². The maximum atomic E-state index is 5.76. The molecular weight excluding hydrogens is 358 g/mol. The second kappa shape index (κ2) is 11.8. The molecule has 0 aliphatic carbocycles. The SMILES string of the molecule is CCOc1ccc(CCNC(=NC)NCC2(OC)CCOCC2)cc1OCC. The first-order valence-corrected chi connectivity index (χ1v) is 10.1. The smallest absolute Gasteiger partial charge is 0.191 e. The molecule has 0 aromatic heterocycles. The Bertz CT molecular complexity index is 616. The Morgan fingerprint density at radius 1 is 1.11 bits per heavy atom. The van der Waals surface area contributed by atoms with E-state index >= 15 is 0 Å². The third-order valence-electron chi connectivity index (χ3n) is 4.95. The van der Waals surface area contributed by atoms with Crippen LogP contribution in [0.2, 0.25) is 0 Å². The summed E-state index contributed by atoms with van der Waals surface area (Å²) in [5.74, 6) is 2.37. The zero-order chi connectivity index (χ0) is 20.2. The summed E-state index contributed by atoms with van der Waals surface area (Å²) in [6.45, 7) is 8.14. The van der Waals surface area contributed by atoms with Crippen LogP contribution in [-0.4, -0.2) is 65.2 Å². The highest BCUT2D eigenvalue weighted by Crippen LogP contribution is 2.28. The van der Waals surface area contributed by atoms with E-state index in [1.165, 1.54) is 5.56 Å². The van der Waals surface area contributed by atoms with E-state index in [-0.39, 0.29) is 5.60 Å². The van der Waals surface area contributed by atoms with Crippen molar-refractivity contribution in [2.45, 2.75) is 38.7 Å². The lowest BCUT2D eigenvalue weighted by molar-refractivity contribution is -0.0855. The standard InChI is InChI=1S/C21H35N3O4/c1-5-27-18-8-7-17(15-19(18)28-6-2)9-12-23-20(22-3)24-16-21(25-4)10-13-26-14-11-21/h7-8,15H,5-6,9-14,16H2,1-4H3,(H2,22,23,24). The van der Waals surface area contributed by atoms with Crippen LogP contribution in [0.5, 0.6) is 11.5 Å². The lowest BCUT2D eigenvalue weighted by Gasteiger charge is -2.36. The number of nitrogens with one attached hydrogen (secondary N) is 2. The van der Waals surface area contributed by atoms with Crippen molar-refractivity contribution < 1.29 is 18.9 Å². The van der Waals surface area contributed by atoms with E-state index in [2.05, 4.69) is 21.7 Å². The number of hydrogen-bond acceptors (Lipinski definition) is 5. The fraction of sp³-hybridized carbons (Fsp3) is 0.667. The number of nitrogens with zero attached hydrogens (tertiary/aromatic N) is 1. The minimum Gasteiger partial charge on any atom is -0.490 e. The van der Waals surface area contributed by atoms with Crippen LogP contribution in [0.4, 0.5) is 0 Å². The maximum Gasteiger partial charge on any atom is 0.191 e. The molecule has 0 bridgehead atoms. The molecule has 1 fully saturated rings. The normalized spacial score (nSPS) is 16.5. The van der Waals surface area contributed by atoms with Gasteiger partial charge in [0.05, 0.1) is 18.8 Å². The molecule has 1 aromatic carbocycles. The van der Waals surface area contributed by atoms with Gasteiger partial charge in [0.2, 0.25) is 0 Å². The summed E-state index contributed by atoms with van der Waals surface area (Å²) >= 11 is 0. The Morgan fingerprint density at radius 3 is 2.46 bits per heavy atom. The number of methoxy groups -OCH3 is 1. The van der Waals surface area contributed by atoms with E-state index in [0.29, 0.717) is 19.8 Å². The first-order chi connectivity index (χ1) is 13.7. The van der Waals surface area contributed by atoms with Crippen LogP contribution < -0.4 is 20.1 Å². The van der Waals surface area contributed by atoms with Crippen molar-refractivity contribution in [2.75, 3.05) is 53.7 Å². The Morgan fingerprint density at radius 2 is 1.82 bits per heavy atom. The van der Waals surface area contributed by atoms with Crippen molar-refractivity contribution in [1.82, 2.24) is 10.6 Å². The maximum absolute atomic E-state index is 5.76. The summed E-state index contributed by atoms with van der Waals surface area (Å²) in [6.07, 6.45) is 2.64. The summed E-state index contributed by atoms with van der Waals surface area (Å²) in [5.41, 5.74) is 1.00. The second-order valence-electron chi connectivity index (χ2n) is 6.75. The molecule has 0 amide bonds. The van der Waals surface area contributed by atoms with Crippen LogP contribution in [-0.2, 0) is 15.9 Å². The highest BCUT2D eigenvalue weighted by molar-refractivity contribution is 5.79. The average Bonchev–Trinajstić information content (AvgIpc) is 2.73. The summed E-state index contributed by atoms with van der Waals surface area (Å²) in [6, 6.07) is 6.10. The predicted molar refractivity (Wildman–Crippen MR) is 112 cm³/mol. The summed E-state index contributed by atoms with van der Waals surface area (Å²) in [7, 11) is 3.55. The number of hydrogen-bond donors (Lipinski definition) is 2. The highest BCUT2D eigenvalue weighted by Gasteiger charge is 2.32. The van der Waals surface area contributed by atoms with Gasteiger partial charge in [0.1, 0.15) is 0 Å². The van der Waals surface area contributed by atoms with Gasteiger partial charge in [0, 0.05) is 53.3 Å². The average molecular weight is 394 g/mol. The topological polar surface area (TPSA) is 73.3 Å². The fourth-order valence-corrected chi connectivity index (χ4v) is 3.24. The minimum atomic E-state index is -0.183. The van der Waals surface area contributed by atoms with E-state index in [9.17, 15) is 0 Å². The van der Waals surface area contributed by atoms with Crippen molar-refractivity contribution in [2.24, 2.45) is 4.99 Å². The zero-order valence-electron chi connectivity index (χ0n) is 17.7. The molecule has 1 saturated heterocycles. The molecule has 2 N–H and O–H groups in total. The van der Waals surface area contributed by atoms with E-state index in [1.807, 2.05) is 26.0 Å². The van der Waals surface area contributed by atoms with E-state index < -0.39 is 0 Å². The van der Waals surface area contributed by atoms with Crippen molar-refractivity contribution >= 4 is 5.96 Å². The first kappa shape index (κ1) is 22.3. The van der Waals surface area contributed by atoms with Crippen LogP contribution in [0.1, 0.15) is 32.3 Å². The third kappa shape index (κ3) is 6.56. The lowest BCUT2D eigenvalue weighted by Crippen LogP contribution is -2.51. The predicted octanol–water partition coefficient (Wildman–Crippen LogP) is 2.39. The molecule has 158 valence electrons. The number of aliphatic imine (C=N–C) groups is 1. The summed E-state index contributed by atoms with van der Waals surface area (Å²) < 4.78 is 22.5. The van der Waals surface area contributed by atoms with Gasteiger partial charge in [-0.15, -0.1) is 0 Å². The van der Waals surface area contributed by atoms with Crippen LogP contribution in [0.15, 0.2) is 23.2 Å². The largest absolute Gasteiger partial charge is 0.490 e. The van der Waals surface area contributed by atoms with Crippen molar-refractivity contribution in [1.29, 1.82) is 0 Å². The van der Waals surface area contributed by atoms with Gasteiger partial charge in [-0.25, -0.2) is 0 Å². The number of guanidine groups is 1. The second-order valence-corrected chi connectivity index (χ2v) is 6.75. The first-order valence-electron chi connectivity index (χ1n) is 10.1. The molecule has 1 aromatic rings. The van der Waals surface area contributed by atoms with Gasteiger partial charge in [-0.1, -0.05) is 6.07 Å². The molecule has 0 spiro atoms. The van der Waals surface area contributed by atoms with Crippen molar-refractivity contribution in [3.63, 3.8) is 0 Å². The van der Waals surface area contributed by atoms with Gasteiger partial charge in [-0.05, 0) is 38.0 Å². The van der Waals surface area contributed by atoms with E-state index in [4.69, 9.17) is 18.9 Å². The molecule has 0 saturated carbocycles. The van der Waals surface area contributed by atoms with E-state index in [1.54, 1.807) is 14.2 Å². The molecule has 1 aliphatic heterocycles. The number of rotatable bonds is 10. The van der Waals surface area contributed by atoms with Gasteiger partial charge >= 0.3 is 0 Å². The fourth-order valence-electron chi connectivity index (χ4n) is 3.24. The molecule has 0 atom stereocenters. The van der Waals surface area contributed by atoms with Gasteiger partial charge in [-0.2, -0.15) is 0 Å². The Labute approximate surface area is 168 Å². The lowest BCUT2D eigenvalue weighted by atomic mass is 9.94. The molecule has 1 heterocycles. The van der Waals surface area contributed by atoms with Crippen LogP contribution in [0, 0.1) is 0 Å². The van der Waals surface area contributed by atoms with Crippen LogP contribution in [0.25, 0.3) is 0 Å². The van der Waals surface area contributed by atoms with Crippen molar-refractivity contribution in [3.8, 4) is 11.5 Å². The quantitative estimate of drug-likeness (QED) is 0.470. The number of benzene rings is 1. The summed E-state index contributed by atoms with van der Waals surface area (Å²) in [5, 5.41) is 6.76. The molecule has 7 heteroatoms. The number of ether oxygens (including phenoxy) is 4. The molecular formula is C21H35N3O4. The molecule has 7 nitrogen and oxygen atoms in total. The molecule has 2 rings (SSSR count). The third-order valence-corrected chi connectivity index (χ3v) is 4.95. The Hall–Kier alpha value is -1.99. The van der Waals surface area contributed by atoms with Crippen LogP contribution in [0.3, 0.4) is 0 Å². The molecule has 1 aliphatic rings. The van der Waals surface area contributed by atoms with Gasteiger partial charge in [0.25, 0.3) is 0 Å². The highest BCUT2D eigenvalue weighted by atomic mass is 16.5.